The Morgan fingerprint density at radius 1 is 1.17 bits per heavy atom. The second kappa shape index (κ2) is 11.9. The van der Waals surface area contributed by atoms with Crippen LogP contribution >= 0.6 is 23.1 Å². The summed E-state index contributed by atoms with van der Waals surface area (Å²) in [6.45, 7) is 6.04. The van der Waals surface area contributed by atoms with Crippen molar-refractivity contribution < 1.29 is 19.1 Å². The highest BCUT2D eigenvalue weighted by molar-refractivity contribution is 7.99. The summed E-state index contributed by atoms with van der Waals surface area (Å²) < 4.78 is 13.2. The van der Waals surface area contributed by atoms with Crippen LogP contribution in [0.1, 0.15) is 71.4 Å². The van der Waals surface area contributed by atoms with Gasteiger partial charge in [-0.3, -0.25) is 4.79 Å². The molecule has 0 saturated heterocycles. The molecule has 192 valence electrons. The second-order valence-electron chi connectivity index (χ2n) is 8.80. The van der Waals surface area contributed by atoms with E-state index in [0.29, 0.717) is 28.2 Å². The number of nitrogens with zero attached hydrogens (tertiary/aromatic N) is 3. The molecule has 10 heteroatoms. The Morgan fingerprint density at radius 3 is 2.67 bits per heavy atom. The van der Waals surface area contributed by atoms with Crippen molar-refractivity contribution in [2.24, 2.45) is 7.05 Å². The molecule has 1 unspecified atom stereocenters. The summed E-state index contributed by atoms with van der Waals surface area (Å²) in [5.41, 5.74) is 2.73. The van der Waals surface area contributed by atoms with Crippen molar-refractivity contribution in [3.63, 3.8) is 0 Å². The topological polar surface area (TPSA) is 95.3 Å². The Bertz CT molecular complexity index is 1220. The average molecular weight is 529 g/mol. The number of benzene rings is 1. The second-order valence-corrected chi connectivity index (χ2v) is 10.8. The number of amides is 1. The van der Waals surface area contributed by atoms with E-state index in [2.05, 4.69) is 15.5 Å². The molecular formula is C26H32N4O4S2. The number of carbonyl (C=O) groups is 2. The van der Waals surface area contributed by atoms with Crippen molar-refractivity contribution in [2.75, 3.05) is 17.7 Å². The highest BCUT2D eigenvalue weighted by atomic mass is 32.2. The minimum atomic E-state index is -0.361. The molecule has 36 heavy (non-hydrogen) atoms. The molecule has 0 aliphatic heterocycles. The van der Waals surface area contributed by atoms with E-state index in [1.54, 1.807) is 6.92 Å². The van der Waals surface area contributed by atoms with Crippen molar-refractivity contribution in [1.82, 2.24) is 14.8 Å². The fourth-order valence-electron chi connectivity index (χ4n) is 4.22. The number of thioether (sulfide) groups is 1. The highest BCUT2D eigenvalue weighted by Gasteiger charge is 2.27. The van der Waals surface area contributed by atoms with Gasteiger partial charge in [-0.05, 0) is 64.2 Å². The quantitative estimate of drug-likeness (QED) is 0.223. The number of hydrogen-bond acceptors (Lipinski definition) is 8. The van der Waals surface area contributed by atoms with Crippen LogP contribution in [0.25, 0.3) is 0 Å². The fraction of sp³-hybridized carbons (Fsp3) is 0.462. The number of thiophene rings is 1. The number of hydrogen-bond donors (Lipinski definition) is 1. The lowest BCUT2D eigenvalue weighted by Crippen LogP contribution is -2.17. The van der Waals surface area contributed by atoms with Gasteiger partial charge in [0.15, 0.2) is 17.1 Å². The van der Waals surface area contributed by atoms with Gasteiger partial charge in [0.1, 0.15) is 10.8 Å². The number of aromatic nitrogens is 3. The van der Waals surface area contributed by atoms with Crippen molar-refractivity contribution in [2.45, 2.75) is 64.1 Å². The number of ether oxygens (including phenoxy) is 2. The number of aryl methyl sites for hydroxylation is 2. The van der Waals surface area contributed by atoms with Gasteiger partial charge in [0.05, 0.1) is 17.9 Å². The molecule has 0 spiro atoms. The van der Waals surface area contributed by atoms with Crippen LogP contribution in [-0.4, -0.2) is 39.0 Å². The van der Waals surface area contributed by atoms with E-state index >= 15 is 0 Å². The lowest BCUT2D eigenvalue weighted by molar-refractivity contribution is -0.113. The summed E-state index contributed by atoms with van der Waals surface area (Å²) >= 11 is 2.79. The predicted octanol–water partition coefficient (Wildman–Crippen LogP) is 5.50. The molecule has 3 aromatic rings. The van der Waals surface area contributed by atoms with Crippen molar-refractivity contribution in [3.05, 3.63) is 51.7 Å². The first-order chi connectivity index (χ1) is 17.4. The van der Waals surface area contributed by atoms with Gasteiger partial charge in [0, 0.05) is 11.9 Å². The van der Waals surface area contributed by atoms with Crippen LogP contribution in [0.4, 0.5) is 5.00 Å². The monoisotopic (exact) mass is 528 g/mol. The Kier molecular flexibility index (Phi) is 8.68. The molecular weight excluding hydrogens is 496 g/mol. The maximum atomic E-state index is 12.9. The van der Waals surface area contributed by atoms with E-state index in [9.17, 15) is 9.59 Å². The van der Waals surface area contributed by atoms with Crippen LogP contribution in [-0.2, 0) is 29.4 Å². The minimum absolute atomic E-state index is 0.143. The van der Waals surface area contributed by atoms with E-state index in [1.165, 1.54) is 33.5 Å². The number of esters is 1. The van der Waals surface area contributed by atoms with Gasteiger partial charge in [-0.15, -0.1) is 21.5 Å². The molecule has 0 fully saturated rings. The van der Waals surface area contributed by atoms with Crippen LogP contribution in [0.2, 0.25) is 0 Å². The van der Waals surface area contributed by atoms with Crippen molar-refractivity contribution in [1.29, 1.82) is 0 Å². The fourth-order valence-corrected chi connectivity index (χ4v) is 6.23. The average Bonchev–Trinajstić information content (AvgIpc) is 3.30. The summed E-state index contributed by atoms with van der Waals surface area (Å²) in [5, 5.41) is 12.7. The molecule has 8 nitrogen and oxygen atoms in total. The smallest absolute Gasteiger partial charge is 0.341 e. The molecule has 1 N–H and O–H groups in total. The first kappa shape index (κ1) is 26.2. The molecule has 1 aliphatic carbocycles. The molecule has 4 rings (SSSR count). The van der Waals surface area contributed by atoms with E-state index in [4.69, 9.17) is 9.47 Å². The summed E-state index contributed by atoms with van der Waals surface area (Å²) in [4.78, 5) is 26.8. The van der Waals surface area contributed by atoms with Gasteiger partial charge in [0.2, 0.25) is 5.91 Å². The van der Waals surface area contributed by atoms with E-state index in [0.717, 1.165) is 43.4 Å². The van der Waals surface area contributed by atoms with Gasteiger partial charge in [-0.2, -0.15) is 0 Å². The van der Waals surface area contributed by atoms with E-state index in [-0.39, 0.29) is 23.7 Å². The zero-order valence-electron chi connectivity index (χ0n) is 21.1. The molecule has 0 saturated carbocycles. The maximum absolute atomic E-state index is 12.9. The van der Waals surface area contributed by atoms with Gasteiger partial charge < -0.3 is 19.4 Å². The number of fused-ring (bicyclic) bond motifs is 1. The Labute approximate surface area is 219 Å². The zero-order chi connectivity index (χ0) is 25.7. The zero-order valence-corrected chi connectivity index (χ0v) is 22.8. The predicted molar refractivity (Wildman–Crippen MR) is 142 cm³/mol. The number of rotatable bonds is 9. The lowest BCUT2D eigenvalue weighted by Gasteiger charge is -2.14. The minimum Gasteiger partial charge on any atom is -0.483 e. The molecule has 0 radical (unpaired) electrons. The van der Waals surface area contributed by atoms with Gasteiger partial charge in [0.25, 0.3) is 0 Å². The summed E-state index contributed by atoms with van der Waals surface area (Å²) in [6.07, 6.45) is 4.76. The molecule has 2 heterocycles. The van der Waals surface area contributed by atoms with Crippen LogP contribution in [0.3, 0.4) is 0 Å². The Balaban J connectivity index is 1.41. The summed E-state index contributed by atoms with van der Waals surface area (Å²) in [6, 6.07) is 7.85. The molecule has 1 aromatic carbocycles. The standard InChI is InChI=1S/C26H32N4O4S2/c1-5-33-25(32)22-19-9-7-6-8-10-20(19)36-24(22)27-21(31)15-35-26-29-28-23(30(26)4)17(3)34-18-13-11-16(2)12-14-18/h11-14,17H,5-10,15H2,1-4H3,(H,27,31). The van der Waals surface area contributed by atoms with E-state index < -0.39 is 0 Å². The molecule has 1 atom stereocenters. The van der Waals surface area contributed by atoms with Gasteiger partial charge >= 0.3 is 5.97 Å². The largest absolute Gasteiger partial charge is 0.483 e. The summed E-state index contributed by atoms with van der Waals surface area (Å²) in [7, 11) is 1.86. The third-order valence-corrected chi connectivity index (χ3v) is 8.28. The molecule has 1 aliphatic rings. The first-order valence-corrected chi connectivity index (χ1v) is 14.0. The van der Waals surface area contributed by atoms with Crippen LogP contribution in [0, 0.1) is 6.92 Å². The van der Waals surface area contributed by atoms with Gasteiger partial charge in [-0.1, -0.05) is 35.9 Å². The lowest BCUT2D eigenvalue weighted by atomic mass is 10.1. The normalized spacial score (nSPS) is 14.0. The van der Waals surface area contributed by atoms with Crippen LogP contribution in [0.15, 0.2) is 29.4 Å². The summed E-state index contributed by atoms with van der Waals surface area (Å²) in [5.74, 6) is 1.02. The molecule has 0 bridgehead atoms. The third-order valence-electron chi connectivity index (χ3n) is 6.05. The first-order valence-electron chi connectivity index (χ1n) is 12.2. The van der Waals surface area contributed by atoms with Gasteiger partial charge in [-0.25, -0.2) is 4.79 Å². The highest BCUT2D eigenvalue weighted by Crippen LogP contribution is 2.38. The third kappa shape index (κ3) is 6.10. The van der Waals surface area contributed by atoms with Crippen molar-refractivity contribution in [3.8, 4) is 5.75 Å². The molecule has 2 aromatic heterocycles. The Morgan fingerprint density at radius 2 is 1.92 bits per heavy atom. The van der Waals surface area contributed by atoms with Crippen molar-refractivity contribution >= 4 is 40.0 Å². The van der Waals surface area contributed by atoms with E-state index in [1.807, 2.05) is 49.7 Å². The molecule has 1 amide bonds. The SMILES string of the molecule is CCOC(=O)c1c(NC(=O)CSc2nnc(C(C)Oc3ccc(C)cc3)n2C)sc2c1CCCCC2. The van der Waals surface area contributed by atoms with Crippen LogP contribution in [0.5, 0.6) is 5.75 Å². The number of carbonyl (C=O) groups excluding carboxylic acids is 2. The Hall–Kier alpha value is -2.85. The maximum Gasteiger partial charge on any atom is 0.341 e. The van der Waals surface area contributed by atoms with Crippen LogP contribution < -0.4 is 10.1 Å². The number of nitrogens with one attached hydrogen (secondary N) is 1. The number of anilines is 1.